The first-order chi connectivity index (χ1) is 13.1. The number of fused-ring (bicyclic) bond motifs is 1. The summed E-state index contributed by atoms with van der Waals surface area (Å²) < 4.78 is 0.937. The molecule has 0 radical (unpaired) electrons. The highest BCUT2D eigenvalue weighted by molar-refractivity contribution is 9.10. The molecule has 27 heavy (non-hydrogen) atoms. The standard InChI is InChI=1S/C19H14BrN5OS/c20-13-8-6-11(7-9-13)14(26)10-27-19-22-15-16(21)23-17(24-18(15)25-19)12-4-2-1-3-5-12/h1-9H,10H2,(H3,21,22,23,24,25). The average molecular weight is 440 g/mol. The van der Waals surface area contributed by atoms with Crippen LogP contribution in [0.15, 0.2) is 64.2 Å². The van der Waals surface area contributed by atoms with E-state index in [0.29, 0.717) is 33.5 Å². The van der Waals surface area contributed by atoms with Gasteiger partial charge in [0, 0.05) is 15.6 Å². The number of imidazole rings is 1. The van der Waals surface area contributed by atoms with Crippen molar-refractivity contribution in [1.82, 2.24) is 19.9 Å². The molecule has 0 aliphatic rings. The van der Waals surface area contributed by atoms with Crippen LogP contribution < -0.4 is 5.73 Å². The fourth-order valence-electron chi connectivity index (χ4n) is 2.54. The van der Waals surface area contributed by atoms with Crippen LogP contribution >= 0.6 is 27.7 Å². The molecule has 0 bridgehead atoms. The van der Waals surface area contributed by atoms with Crippen molar-refractivity contribution in [2.75, 3.05) is 11.5 Å². The van der Waals surface area contributed by atoms with Crippen LogP contribution in [0.1, 0.15) is 10.4 Å². The molecule has 0 aliphatic carbocycles. The van der Waals surface area contributed by atoms with Crippen molar-refractivity contribution in [2.45, 2.75) is 5.16 Å². The minimum atomic E-state index is 0.0250. The number of thioether (sulfide) groups is 1. The molecule has 8 heteroatoms. The molecule has 134 valence electrons. The highest BCUT2D eigenvalue weighted by Crippen LogP contribution is 2.25. The summed E-state index contributed by atoms with van der Waals surface area (Å²) in [6.45, 7) is 0. The van der Waals surface area contributed by atoms with E-state index >= 15 is 0 Å². The van der Waals surface area contributed by atoms with E-state index in [0.717, 1.165) is 10.0 Å². The van der Waals surface area contributed by atoms with E-state index in [9.17, 15) is 4.79 Å². The molecule has 3 N–H and O–H groups in total. The fourth-order valence-corrected chi connectivity index (χ4v) is 3.56. The van der Waals surface area contributed by atoms with Crippen LogP contribution in [0.2, 0.25) is 0 Å². The Bertz CT molecular complexity index is 1110. The number of H-pyrrole nitrogens is 1. The Balaban J connectivity index is 1.55. The molecular formula is C19H14BrN5OS. The second-order valence-corrected chi connectivity index (χ2v) is 7.64. The SMILES string of the molecule is Nc1nc(-c2ccccc2)nc2nc(SCC(=O)c3ccc(Br)cc3)[nH]c12. The number of ketones is 1. The predicted molar refractivity (Wildman–Crippen MR) is 111 cm³/mol. The lowest BCUT2D eigenvalue weighted by molar-refractivity contribution is 0.102. The maximum absolute atomic E-state index is 12.3. The van der Waals surface area contributed by atoms with Crippen LogP contribution in [0.3, 0.4) is 0 Å². The summed E-state index contributed by atoms with van der Waals surface area (Å²) in [6.07, 6.45) is 0. The summed E-state index contributed by atoms with van der Waals surface area (Å²) >= 11 is 4.68. The molecule has 0 spiro atoms. The van der Waals surface area contributed by atoms with Gasteiger partial charge in [-0.05, 0) is 12.1 Å². The number of hydrogen-bond acceptors (Lipinski definition) is 6. The highest BCUT2D eigenvalue weighted by Gasteiger charge is 2.14. The maximum atomic E-state index is 12.3. The minimum Gasteiger partial charge on any atom is -0.382 e. The van der Waals surface area contributed by atoms with Crippen molar-refractivity contribution in [3.05, 3.63) is 64.6 Å². The number of aromatic amines is 1. The van der Waals surface area contributed by atoms with E-state index < -0.39 is 0 Å². The second-order valence-electron chi connectivity index (χ2n) is 5.76. The number of anilines is 1. The third-order valence-electron chi connectivity index (χ3n) is 3.90. The van der Waals surface area contributed by atoms with Crippen molar-refractivity contribution in [2.24, 2.45) is 0 Å². The predicted octanol–water partition coefficient (Wildman–Crippen LogP) is 4.34. The first kappa shape index (κ1) is 17.7. The molecule has 2 aromatic heterocycles. The van der Waals surface area contributed by atoms with Crippen LogP contribution in [0.25, 0.3) is 22.6 Å². The van der Waals surface area contributed by atoms with E-state index in [1.165, 1.54) is 11.8 Å². The Hall–Kier alpha value is -2.71. The Morgan fingerprint density at radius 2 is 1.78 bits per heavy atom. The normalized spacial score (nSPS) is 11.0. The summed E-state index contributed by atoms with van der Waals surface area (Å²) in [5.74, 6) is 1.14. The molecule has 0 aliphatic heterocycles. The molecule has 0 saturated heterocycles. The number of halogens is 1. The number of rotatable bonds is 5. The number of nitrogens with one attached hydrogen (secondary N) is 1. The Morgan fingerprint density at radius 1 is 1.04 bits per heavy atom. The molecular weight excluding hydrogens is 426 g/mol. The first-order valence-electron chi connectivity index (χ1n) is 8.10. The zero-order valence-corrected chi connectivity index (χ0v) is 16.4. The fraction of sp³-hybridized carbons (Fsp3) is 0.0526. The van der Waals surface area contributed by atoms with Gasteiger partial charge in [0.05, 0.1) is 5.75 Å². The number of carbonyl (C=O) groups excluding carboxylic acids is 1. The molecule has 0 amide bonds. The van der Waals surface area contributed by atoms with Crippen molar-refractivity contribution in [3.8, 4) is 11.4 Å². The molecule has 4 rings (SSSR count). The molecule has 4 aromatic rings. The maximum Gasteiger partial charge on any atom is 0.184 e. The van der Waals surface area contributed by atoms with Crippen LogP contribution in [0.5, 0.6) is 0 Å². The number of carbonyl (C=O) groups is 1. The lowest BCUT2D eigenvalue weighted by atomic mass is 10.2. The molecule has 0 saturated carbocycles. The number of aromatic nitrogens is 4. The average Bonchev–Trinajstić information content (AvgIpc) is 3.11. The van der Waals surface area contributed by atoms with Crippen molar-refractivity contribution in [1.29, 1.82) is 0 Å². The number of nitrogens with zero attached hydrogens (tertiary/aromatic N) is 3. The topological polar surface area (TPSA) is 97.5 Å². The number of benzene rings is 2. The zero-order valence-electron chi connectivity index (χ0n) is 14.0. The highest BCUT2D eigenvalue weighted by atomic mass is 79.9. The molecule has 2 heterocycles. The van der Waals surface area contributed by atoms with Crippen LogP contribution in [-0.4, -0.2) is 31.5 Å². The summed E-state index contributed by atoms with van der Waals surface area (Å²) in [5, 5.41) is 0.585. The first-order valence-corrected chi connectivity index (χ1v) is 9.88. The number of hydrogen-bond donors (Lipinski definition) is 2. The van der Waals surface area contributed by atoms with Gasteiger partial charge in [-0.1, -0.05) is 70.2 Å². The van der Waals surface area contributed by atoms with Gasteiger partial charge >= 0.3 is 0 Å². The van der Waals surface area contributed by atoms with Gasteiger partial charge in [0.25, 0.3) is 0 Å². The van der Waals surface area contributed by atoms with E-state index in [1.807, 2.05) is 42.5 Å². The molecule has 6 nitrogen and oxygen atoms in total. The van der Waals surface area contributed by atoms with Gasteiger partial charge in [0.15, 0.2) is 28.2 Å². The van der Waals surface area contributed by atoms with Gasteiger partial charge in [-0.2, -0.15) is 0 Å². The largest absolute Gasteiger partial charge is 0.382 e. The second kappa shape index (κ2) is 7.50. The van der Waals surface area contributed by atoms with Crippen molar-refractivity contribution >= 4 is 50.5 Å². The Labute approximate surface area is 167 Å². The number of nitrogen functional groups attached to an aromatic ring is 1. The van der Waals surface area contributed by atoms with Gasteiger partial charge < -0.3 is 10.7 Å². The number of Topliss-reactive ketones (excluding diaryl/α,β-unsaturated/α-hetero) is 1. The van der Waals surface area contributed by atoms with Crippen LogP contribution in [0, 0.1) is 0 Å². The van der Waals surface area contributed by atoms with E-state index in [1.54, 1.807) is 12.1 Å². The molecule has 0 atom stereocenters. The smallest absolute Gasteiger partial charge is 0.184 e. The van der Waals surface area contributed by atoms with Crippen LogP contribution in [-0.2, 0) is 0 Å². The van der Waals surface area contributed by atoms with Crippen LogP contribution in [0.4, 0.5) is 5.82 Å². The monoisotopic (exact) mass is 439 g/mol. The third-order valence-corrected chi connectivity index (χ3v) is 5.30. The lowest BCUT2D eigenvalue weighted by Gasteiger charge is -2.01. The summed E-state index contributed by atoms with van der Waals surface area (Å²) in [4.78, 5) is 28.7. The van der Waals surface area contributed by atoms with E-state index in [4.69, 9.17) is 5.73 Å². The molecule has 0 unspecified atom stereocenters. The van der Waals surface area contributed by atoms with Gasteiger partial charge in [-0.15, -0.1) is 0 Å². The molecule has 0 fully saturated rings. The van der Waals surface area contributed by atoms with Crippen molar-refractivity contribution in [3.63, 3.8) is 0 Å². The Morgan fingerprint density at radius 3 is 2.52 bits per heavy atom. The molecule has 2 aromatic carbocycles. The summed E-state index contributed by atoms with van der Waals surface area (Å²) in [7, 11) is 0. The van der Waals surface area contributed by atoms with Gasteiger partial charge in [-0.25, -0.2) is 15.0 Å². The minimum absolute atomic E-state index is 0.0250. The van der Waals surface area contributed by atoms with E-state index in [-0.39, 0.29) is 11.5 Å². The van der Waals surface area contributed by atoms with Gasteiger partial charge in [-0.3, -0.25) is 4.79 Å². The summed E-state index contributed by atoms with van der Waals surface area (Å²) in [6, 6.07) is 16.9. The van der Waals surface area contributed by atoms with E-state index in [2.05, 4.69) is 35.9 Å². The summed E-state index contributed by atoms with van der Waals surface area (Å²) in [5.41, 5.74) is 8.66. The zero-order chi connectivity index (χ0) is 18.8. The Kier molecular flexibility index (Phi) is 4.91. The van der Waals surface area contributed by atoms with Gasteiger partial charge in [0.2, 0.25) is 0 Å². The quantitative estimate of drug-likeness (QED) is 0.354. The number of nitrogens with two attached hydrogens (primary N) is 1. The van der Waals surface area contributed by atoms with Gasteiger partial charge in [0.1, 0.15) is 5.52 Å². The van der Waals surface area contributed by atoms with Crippen molar-refractivity contribution < 1.29 is 4.79 Å². The lowest BCUT2D eigenvalue weighted by Crippen LogP contribution is -2.02. The third kappa shape index (κ3) is 3.86.